The fourth-order valence-corrected chi connectivity index (χ4v) is 13.2. The summed E-state index contributed by atoms with van der Waals surface area (Å²) in [6.45, 7) is 21.4. The van der Waals surface area contributed by atoms with Crippen molar-refractivity contribution in [1.82, 2.24) is 4.98 Å². The first kappa shape index (κ1) is 41.3. The maximum atomic E-state index is 6.99. The molecule has 0 aliphatic heterocycles. The summed E-state index contributed by atoms with van der Waals surface area (Å²) in [6.07, 6.45) is 1.87. The molecule has 11 aromatic rings. The van der Waals surface area contributed by atoms with Gasteiger partial charge in [0.2, 0.25) is 0 Å². The molecule has 0 N–H and O–H groups in total. The summed E-state index contributed by atoms with van der Waals surface area (Å²) in [4.78, 5) is 7.34. The largest absolute Gasteiger partial charge is 0.455 e. The summed E-state index contributed by atoms with van der Waals surface area (Å²) < 4.78 is 13.8. The minimum atomic E-state index is -0.330. The number of para-hydroxylation sites is 2. The lowest BCUT2D eigenvalue weighted by Crippen LogP contribution is -2.24. The molecule has 3 aliphatic carbocycles. The van der Waals surface area contributed by atoms with Crippen LogP contribution in [0.3, 0.4) is 0 Å². The van der Waals surface area contributed by atoms with Gasteiger partial charge in [-0.05, 0) is 139 Å². The molecule has 0 spiro atoms. The summed E-state index contributed by atoms with van der Waals surface area (Å²) in [6, 6.07) is 58.2. The molecule has 4 heteroatoms. The summed E-state index contributed by atoms with van der Waals surface area (Å²) in [5.74, 6) is 0. The van der Waals surface area contributed by atoms with Gasteiger partial charge in [0.05, 0.1) is 5.69 Å². The van der Waals surface area contributed by atoms with Crippen molar-refractivity contribution in [2.45, 2.75) is 84.0 Å². The van der Waals surface area contributed by atoms with Gasteiger partial charge in [-0.3, -0.25) is 4.98 Å². The van der Waals surface area contributed by atoms with E-state index in [1.54, 1.807) is 0 Å². The molecule has 0 atom stereocenters. The summed E-state index contributed by atoms with van der Waals surface area (Å²) in [5.41, 5.74) is 25.1. The lowest BCUT2D eigenvalue weighted by atomic mass is 9.72. The monoisotopic (exact) mass is 906 g/mol. The Balaban J connectivity index is 0.993. The second-order valence-electron chi connectivity index (χ2n) is 22.7. The van der Waals surface area contributed by atoms with Crippen LogP contribution in [0.15, 0.2) is 173 Å². The number of nitrogens with zero attached hydrogens (tertiary/aromatic N) is 2. The smallest absolute Gasteiger partial charge is 0.145 e. The Hall–Kier alpha value is -7.69. The minimum Gasteiger partial charge on any atom is -0.455 e. The van der Waals surface area contributed by atoms with Gasteiger partial charge in [0.1, 0.15) is 22.3 Å². The number of fused-ring (bicyclic) bond motifs is 19. The number of hydrogen-bond acceptors (Lipinski definition) is 4. The fraction of sp³-hybridized carbons (Fsp3) is 0.197. The molecule has 0 radical (unpaired) electrons. The molecule has 70 heavy (non-hydrogen) atoms. The van der Waals surface area contributed by atoms with Crippen molar-refractivity contribution in [3.05, 3.63) is 203 Å². The van der Waals surface area contributed by atoms with Crippen molar-refractivity contribution in [3.63, 3.8) is 0 Å². The molecular weight excluding hydrogens is 853 g/mol. The zero-order valence-corrected chi connectivity index (χ0v) is 41.3. The third-order valence-corrected chi connectivity index (χ3v) is 16.6. The van der Waals surface area contributed by atoms with Crippen molar-refractivity contribution in [1.29, 1.82) is 0 Å². The van der Waals surface area contributed by atoms with E-state index in [4.69, 9.17) is 13.8 Å². The first-order valence-electron chi connectivity index (χ1n) is 24.9. The third kappa shape index (κ3) is 5.34. The van der Waals surface area contributed by atoms with Crippen LogP contribution in [-0.4, -0.2) is 4.98 Å². The van der Waals surface area contributed by atoms with Gasteiger partial charge in [-0.25, -0.2) is 0 Å². The van der Waals surface area contributed by atoms with Gasteiger partial charge in [0.15, 0.2) is 0 Å². The van der Waals surface area contributed by atoms with Gasteiger partial charge in [-0.15, -0.1) is 0 Å². The highest BCUT2D eigenvalue weighted by atomic mass is 16.3. The van der Waals surface area contributed by atoms with Crippen LogP contribution in [0, 0.1) is 0 Å². The fourth-order valence-electron chi connectivity index (χ4n) is 13.2. The van der Waals surface area contributed by atoms with Gasteiger partial charge in [0.25, 0.3) is 0 Å². The Morgan fingerprint density at radius 3 is 1.61 bits per heavy atom. The summed E-state index contributed by atoms with van der Waals surface area (Å²) in [5, 5.41) is 4.67. The molecule has 8 aromatic carbocycles. The second kappa shape index (κ2) is 13.8. The SMILES string of the molecule is CC(C)(C)c1ccc(N(c2ccc3c(c2)C(C)(C)c2cc(-c4ccccn4)c4oc5ccccc5c4c2-3)c2ccc3c(c2)C(C)(C)c2c4c(c5oc6ccccc6c5c2-3)-c2ccccc2C4(C)C)cc1. The highest BCUT2D eigenvalue weighted by molar-refractivity contribution is 6.21. The van der Waals surface area contributed by atoms with E-state index < -0.39 is 0 Å². The minimum absolute atomic E-state index is 0.0170. The Bertz CT molecular complexity index is 4060. The molecular formula is C66H54N2O2. The van der Waals surface area contributed by atoms with Gasteiger partial charge in [-0.1, -0.05) is 153 Å². The van der Waals surface area contributed by atoms with Crippen molar-refractivity contribution >= 4 is 60.9 Å². The molecule has 14 rings (SSSR count). The number of hydrogen-bond donors (Lipinski definition) is 0. The number of anilines is 3. The molecule has 0 fully saturated rings. The van der Waals surface area contributed by atoms with Crippen LogP contribution in [0.2, 0.25) is 0 Å². The Labute approximate surface area is 409 Å². The Kier molecular flexibility index (Phi) is 8.12. The van der Waals surface area contributed by atoms with Crippen LogP contribution in [0.1, 0.15) is 101 Å². The van der Waals surface area contributed by atoms with Gasteiger partial charge in [-0.2, -0.15) is 0 Å². The maximum Gasteiger partial charge on any atom is 0.145 e. The van der Waals surface area contributed by atoms with Crippen LogP contribution in [-0.2, 0) is 21.7 Å². The van der Waals surface area contributed by atoms with E-state index in [1.165, 1.54) is 83.1 Å². The molecule has 0 unspecified atom stereocenters. The van der Waals surface area contributed by atoms with Gasteiger partial charge < -0.3 is 13.7 Å². The van der Waals surface area contributed by atoms with Crippen molar-refractivity contribution < 1.29 is 8.83 Å². The number of furan rings is 2. The quantitative estimate of drug-likeness (QED) is 0.176. The number of aromatic nitrogens is 1. The highest BCUT2D eigenvalue weighted by Gasteiger charge is 2.49. The van der Waals surface area contributed by atoms with E-state index in [2.05, 4.69) is 219 Å². The average Bonchev–Trinajstić information content (AvgIpc) is 4.11. The number of benzene rings is 8. The summed E-state index contributed by atoms with van der Waals surface area (Å²) in [7, 11) is 0. The van der Waals surface area contributed by atoms with E-state index in [1.807, 2.05) is 12.3 Å². The second-order valence-corrected chi connectivity index (χ2v) is 22.7. The third-order valence-electron chi connectivity index (χ3n) is 16.6. The van der Waals surface area contributed by atoms with Crippen LogP contribution in [0.4, 0.5) is 17.1 Å². The van der Waals surface area contributed by atoms with Crippen molar-refractivity contribution in [2.75, 3.05) is 4.90 Å². The normalized spacial score (nSPS) is 15.6. The van der Waals surface area contributed by atoms with E-state index >= 15 is 0 Å². The molecule has 0 bridgehead atoms. The zero-order chi connectivity index (χ0) is 47.8. The standard InChI is InChI=1S/C66H54N2O2/c1-63(2,3)37-25-27-38(28-26-37)68(39-29-31-42-48(34-39)64(4,5)50-36-46(51-22-16-17-33-67-51)61-56(54(42)50)44-19-11-14-23-52(44)69-61)40-30-32-43-49(35-40)66(8,9)59-55(43)57-45-20-12-15-24-53(45)70-62(57)58-41-18-10-13-21-47(41)65(6,7)60(58)59/h10-36H,1-9H3. The lowest BCUT2D eigenvalue weighted by molar-refractivity contribution is 0.590. The molecule has 0 saturated carbocycles. The molecule has 3 aromatic heterocycles. The molecule has 3 heterocycles. The molecule has 0 saturated heterocycles. The average molecular weight is 907 g/mol. The van der Waals surface area contributed by atoms with Crippen LogP contribution < -0.4 is 4.90 Å². The van der Waals surface area contributed by atoms with Crippen LogP contribution in [0.5, 0.6) is 0 Å². The van der Waals surface area contributed by atoms with E-state index in [0.717, 1.165) is 61.4 Å². The van der Waals surface area contributed by atoms with Gasteiger partial charge >= 0.3 is 0 Å². The van der Waals surface area contributed by atoms with E-state index in [-0.39, 0.29) is 21.7 Å². The molecule has 4 nitrogen and oxygen atoms in total. The number of rotatable bonds is 4. The van der Waals surface area contributed by atoms with Crippen molar-refractivity contribution in [2.24, 2.45) is 0 Å². The van der Waals surface area contributed by atoms with Crippen LogP contribution >= 0.6 is 0 Å². The lowest BCUT2D eigenvalue weighted by Gasteiger charge is -2.32. The molecule has 340 valence electrons. The van der Waals surface area contributed by atoms with Crippen molar-refractivity contribution in [3.8, 4) is 44.6 Å². The first-order chi connectivity index (χ1) is 33.6. The Morgan fingerprint density at radius 1 is 0.429 bits per heavy atom. The first-order valence-corrected chi connectivity index (χ1v) is 24.9. The maximum absolute atomic E-state index is 6.99. The predicted octanol–water partition coefficient (Wildman–Crippen LogP) is 18.2. The van der Waals surface area contributed by atoms with E-state index in [0.29, 0.717) is 0 Å². The number of pyridine rings is 1. The Morgan fingerprint density at radius 2 is 0.957 bits per heavy atom. The topological polar surface area (TPSA) is 42.4 Å². The molecule has 3 aliphatic rings. The predicted molar refractivity (Wildman–Crippen MR) is 290 cm³/mol. The highest BCUT2D eigenvalue weighted by Crippen LogP contribution is 2.64. The van der Waals surface area contributed by atoms with Gasteiger partial charge in [0, 0.05) is 72.2 Å². The zero-order valence-electron chi connectivity index (χ0n) is 41.3. The van der Waals surface area contributed by atoms with Crippen LogP contribution in [0.25, 0.3) is 88.5 Å². The summed E-state index contributed by atoms with van der Waals surface area (Å²) >= 11 is 0. The molecule has 0 amide bonds. The van der Waals surface area contributed by atoms with E-state index in [9.17, 15) is 0 Å².